The van der Waals surface area contributed by atoms with Gasteiger partial charge in [0.25, 0.3) is 0 Å². The maximum Gasteiger partial charge on any atom is 0.167 e. The Bertz CT molecular complexity index is 421. The number of fused-ring (bicyclic) bond motifs is 1. The van der Waals surface area contributed by atoms with Gasteiger partial charge in [-0.15, -0.1) is 0 Å². The maximum atomic E-state index is 11.6. The maximum absolute atomic E-state index is 11.6. The van der Waals surface area contributed by atoms with E-state index >= 15 is 0 Å². The van der Waals surface area contributed by atoms with Crippen LogP contribution in [0.3, 0.4) is 0 Å². The monoisotopic (exact) mass is 204 g/mol. The summed E-state index contributed by atoms with van der Waals surface area (Å²) in [7, 11) is 1.56. The van der Waals surface area contributed by atoms with Crippen LogP contribution >= 0.6 is 0 Å². The van der Waals surface area contributed by atoms with Crippen LogP contribution in [0.25, 0.3) is 0 Å². The summed E-state index contributed by atoms with van der Waals surface area (Å²) >= 11 is 0. The summed E-state index contributed by atoms with van der Waals surface area (Å²) in [6.07, 6.45) is 2.50. The molecular formula is C12H12O3. The van der Waals surface area contributed by atoms with E-state index in [0.29, 0.717) is 24.2 Å². The number of Topliss-reactive ketones (excluding diaryl/α,β-unsaturated/α-hetero) is 1. The molecule has 0 spiro atoms. The van der Waals surface area contributed by atoms with Crippen LogP contribution in [0.1, 0.15) is 27.9 Å². The van der Waals surface area contributed by atoms with Crippen molar-refractivity contribution in [3.05, 3.63) is 28.8 Å². The Balaban J connectivity index is 2.57. The molecule has 0 aromatic heterocycles. The van der Waals surface area contributed by atoms with E-state index < -0.39 is 0 Å². The van der Waals surface area contributed by atoms with Crippen molar-refractivity contribution in [3.8, 4) is 5.75 Å². The third kappa shape index (κ3) is 1.54. The standard InChI is InChI=1S/C12H12O3/c1-15-11-5-2-8(6-7-13)9-3-4-10(14)12(9)11/h2,5,7H,3-4,6H2,1H3. The van der Waals surface area contributed by atoms with Crippen molar-refractivity contribution in [1.82, 2.24) is 0 Å². The van der Waals surface area contributed by atoms with Crippen LogP contribution in [0.4, 0.5) is 0 Å². The van der Waals surface area contributed by atoms with Crippen molar-refractivity contribution >= 4 is 12.1 Å². The number of benzene rings is 1. The topological polar surface area (TPSA) is 43.4 Å². The summed E-state index contributed by atoms with van der Waals surface area (Å²) < 4.78 is 5.15. The first kappa shape index (κ1) is 9.90. The number of aldehydes is 1. The van der Waals surface area contributed by atoms with Crippen LogP contribution in [0.5, 0.6) is 5.75 Å². The Hall–Kier alpha value is -1.64. The molecule has 0 radical (unpaired) electrons. The highest BCUT2D eigenvalue weighted by Gasteiger charge is 2.25. The Morgan fingerprint density at radius 2 is 2.20 bits per heavy atom. The Kier molecular flexibility index (Phi) is 2.54. The van der Waals surface area contributed by atoms with Gasteiger partial charge < -0.3 is 9.53 Å². The van der Waals surface area contributed by atoms with Crippen molar-refractivity contribution in [2.24, 2.45) is 0 Å². The third-order valence-electron chi connectivity index (χ3n) is 2.78. The molecule has 0 heterocycles. The molecular weight excluding hydrogens is 192 g/mol. The van der Waals surface area contributed by atoms with E-state index in [1.165, 1.54) is 0 Å². The van der Waals surface area contributed by atoms with E-state index in [1.54, 1.807) is 13.2 Å². The average molecular weight is 204 g/mol. The highest BCUT2D eigenvalue weighted by atomic mass is 16.5. The predicted molar refractivity (Wildman–Crippen MR) is 55.4 cm³/mol. The van der Waals surface area contributed by atoms with Gasteiger partial charge >= 0.3 is 0 Å². The largest absolute Gasteiger partial charge is 0.496 e. The molecule has 0 N–H and O–H groups in total. The molecule has 78 valence electrons. The molecule has 0 atom stereocenters. The third-order valence-corrected chi connectivity index (χ3v) is 2.78. The number of hydrogen-bond donors (Lipinski definition) is 0. The van der Waals surface area contributed by atoms with E-state index in [-0.39, 0.29) is 5.78 Å². The number of hydrogen-bond acceptors (Lipinski definition) is 3. The smallest absolute Gasteiger partial charge is 0.167 e. The fourth-order valence-electron chi connectivity index (χ4n) is 2.08. The number of carbonyl (C=O) groups excluding carboxylic acids is 2. The molecule has 15 heavy (non-hydrogen) atoms. The lowest BCUT2D eigenvalue weighted by molar-refractivity contribution is -0.107. The van der Waals surface area contributed by atoms with Crippen molar-refractivity contribution in [3.63, 3.8) is 0 Å². The second kappa shape index (κ2) is 3.85. The van der Waals surface area contributed by atoms with E-state index in [2.05, 4.69) is 0 Å². The van der Waals surface area contributed by atoms with Gasteiger partial charge in [-0.05, 0) is 23.6 Å². The van der Waals surface area contributed by atoms with Crippen molar-refractivity contribution in [1.29, 1.82) is 0 Å². The minimum absolute atomic E-state index is 0.120. The zero-order valence-electron chi connectivity index (χ0n) is 8.58. The molecule has 0 aliphatic heterocycles. The normalized spacial score (nSPS) is 13.8. The van der Waals surface area contributed by atoms with Gasteiger partial charge in [-0.2, -0.15) is 0 Å². The predicted octanol–water partition coefficient (Wildman–Crippen LogP) is 1.57. The second-order valence-electron chi connectivity index (χ2n) is 3.57. The fourth-order valence-corrected chi connectivity index (χ4v) is 2.08. The van der Waals surface area contributed by atoms with Gasteiger partial charge in [-0.3, -0.25) is 4.79 Å². The molecule has 2 rings (SSSR count). The van der Waals surface area contributed by atoms with E-state index in [4.69, 9.17) is 4.74 Å². The SMILES string of the molecule is COc1ccc(CC=O)c2c1C(=O)CC2. The van der Waals surface area contributed by atoms with E-state index in [9.17, 15) is 9.59 Å². The van der Waals surface area contributed by atoms with E-state index in [0.717, 1.165) is 23.8 Å². The highest BCUT2D eigenvalue weighted by molar-refractivity contribution is 6.03. The molecule has 0 unspecified atom stereocenters. The lowest BCUT2D eigenvalue weighted by Gasteiger charge is -2.09. The molecule has 0 amide bonds. The molecule has 1 aromatic carbocycles. The molecule has 0 bridgehead atoms. The first-order valence-electron chi connectivity index (χ1n) is 4.93. The summed E-state index contributed by atoms with van der Waals surface area (Å²) in [5, 5.41) is 0. The van der Waals surface area contributed by atoms with Gasteiger partial charge in [-0.25, -0.2) is 0 Å². The Morgan fingerprint density at radius 1 is 1.40 bits per heavy atom. The molecule has 1 aliphatic rings. The summed E-state index contributed by atoms with van der Waals surface area (Å²) in [4.78, 5) is 22.1. The van der Waals surface area contributed by atoms with Crippen LogP contribution < -0.4 is 4.74 Å². The summed E-state index contributed by atoms with van der Waals surface area (Å²) in [6, 6.07) is 3.63. The highest BCUT2D eigenvalue weighted by Crippen LogP contribution is 2.33. The van der Waals surface area contributed by atoms with Gasteiger partial charge in [0.15, 0.2) is 5.78 Å². The Labute approximate surface area is 88.1 Å². The quantitative estimate of drug-likeness (QED) is 0.702. The average Bonchev–Trinajstić information content (AvgIpc) is 2.63. The fraction of sp³-hybridized carbons (Fsp3) is 0.333. The van der Waals surface area contributed by atoms with Crippen LogP contribution in [-0.4, -0.2) is 19.2 Å². The number of ether oxygens (including phenoxy) is 1. The van der Waals surface area contributed by atoms with Gasteiger partial charge in [0.05, 0.1) is 12.7 Å². The molecule has 1 aliphatic carbocycles. The first-order chi connectivity index (χ1) is 7.27. The Morgan fingerprint density at radius 3 is 2.87 bits per heavy atom. The van der Waals surface area contributed by atoms with Crippen molar-refractivity contribution in [2.75, 3.05) is 7.11 Å². The van der Waals surface area contributed by atoms with Crippen molar-refractivity contribution < 1.29 is 14.3 Å². The number of rotatable bonds is 3. The van der Waals surface area contributed by atoms with Gasteiger partial charge in [0.2, 0.25) is 0 Å². The minimum Gasteiger partial charge on any atom is -0.496 e. The van der Waals surface area contributed by atoms with Crippen LogP contribution in [0.15, 0.2) is 12.1 Å². The van der Waals surface area contributed by atoms with Crippen molar-refractivity contribution in [2.45, 2.75) is 19.3 Å². The first-order valence-corrected chi connectivity index (χ1v) is 4.93. The number of ketones is 1. The zero-order chi connectivity index (χ0) is 10.8. The molecule has 3 nitrogen and oxygen atoms in total. The van der Waals surface area contributed by atoms with Gasteiger partial charge in [0.1, 0.15) is 12.0 Å². The summed E-state index contributed by atoms with van der Waals surface area (Å²) in [5.41, 5.74) is 2.62. The summed E-state index contributed by atoms with van der Waals surface area (Å²) in [5.74, 6) is 0.747. The summed E-state index contributed by atoms with van der Waals surface area (Å²) in [6.45, 7) is 0. The molecule has 1 aromatic rings. The lowest BCUT2D eigenvalue weighted by Crippen LogP contribution is -2.00. The molecule has 0 fully saturated rings. The van der Waals surface area contributed by atoms with Crippen LogP contribution in [0.2, 0.25) is 0 Å². The molecule has 0 saturated carbocycles. The molecule has 0 saturated heterocycles. The van der Waals surface area contributed by atoms with E-state index in [1.807, 2.05) is 6.07 Å². The second-order valence-corrected chi connectivity index (χ2v) is 3.57. The van der Waals surface area contributed by atoms with Gasteiger partial charge in [0, 0.05) is 12.8 Å². The zero-order valence-corrected chi connectivity index (χ0v) is 8.58. The number of methoxy groups -OCH3 is 1. The number of carbonyl (C=O) groups is 2. The minimum atomic E-state index is 0.120. The van der Waals surface area contributed by atoms with Gasteiger partial charge in [-0.1, -0.05) is 6.07 Å². The van der Waals surface area contributed by atoms with Crippen LogP contribution in [-0.2, 0) is 17.6 Å². The lowest BCUT2D eigenvalue weighted by atomic mass is 10.0. The van der Waals surface area contributed by atoms with Crippen LogP contribution in [0, 0.1) is 0 Å². The molecule has 3 heteroatoms.